The van der Waals surface area contributed by atoms with Crippen LogP contribution >= 0.6 is 0 Å². The molecule has 0 aliphatic carbocycles. The van der Waals surface area contributed by atoms with Crippen LogP contribution in [0.4, 0.5) is 5.82 Å². The second kappa shape index (κ2) is 4.62. The van der Waals surface area contributed by atoms with Crippen LogP contribution in [0.25, 0.3) is 0 Å². The highest BCUT2D eigenvalue weighted by Gasteiger charge is 2.24. The summed E-state index contributed by atoms with van der Waals surface area (Å²) in [5, 5.41) is 9.65. The third kappa shape index (κ3) is 2.76. The standard InChI is InChI=1S/C11H16N2O3S/c1-9(14)10-3-2-4-12-11(10)13-5-7-17(15,16)8-6-13/h2-4,9,14H,5-8H2,1H3/t9-/m0/s1. The van der Waals surface area contributed by atoms with E-state index in [9.17, 15) is 13.5 Å². The van der Waals surface area contributed by atoms with Crippen molar-refractivity contribution in [3.8, 4) is 0 Å². The summed E-state index contributed by atoms with van der Waals surface area (Å²) in [6.45, 7) is 2.57. The Bertz CT molecular complexity index is 485. The molecule has 0 bridgehead atoms. The summed E-state index contributed by atoms with van der Waals surface area (Å²) in [6.07, 6.45) is 1.06. The van der Waals surface area contributed by atoms with Gasteiger partial charge in [-0.15, -0.1) is 0 Å². The van der Waals surface area contributed by atoms with Crippen LogP contribution < -0.4 is 4.90 Å². The first-order valence-corrected chi connectivity index (χ1v) is 7.40. The Labute approximate surface area is 101 Å². The highest BCUT2D eigenvalue weighted by atomic mass is 32.2. The summed E-state index contributed by atoms with van der Waals surface area (Å²) >= 11 is 0. The van der Waals surface area contributed by atoms with Gasteiger partial charge in [0.2, 0.25) is 0 Å². The maximum atomic E-state index is 11.3. The fourth-order valence-corrected chi connectivity index (χ4v) is 3.13. The van der Waals surface area contributed by atoms with Crippen LogP contribution in [0.5, 0.6) is 0 Å². The molecular weight excluding hydrogens is 240 g/mol. The van der Waals surface area contributed by atoms with Crippen molar-refractivity contribution >= 4 is 15.7 Å². The van der Waals surface area contributed by atoms with Crippen molar-refractivity contribution in [1.82, 2.24) is 4.98 Å². The van der Waals surface area contributed by atoms with Crippen LogP contribution in [0.2, 0.25) is 0 Å². The van der Waals surface area contributed by atoms with E-state index >= 15 is 0 Å². The average Bonchev–Trinajstić information content (AvgIpc) is 2.29. The summed E-state index contributed by atoms with van der Waals surface area (Å²) in [6, 6.07) is 3.59. The van der Waals surface area contributed by atoms with E-state index in [0.29, 0.717) is 18.9 Å². The van der Waals surface area contributed by atoms with E-state index in [1.165, 1.54) is 0 Å². The maximum absolute atomic E-state index is 11.3. The van der Waals surface area contributed by atoms with Crippen molar-refractivity contribution in [2.45, 2.75) is 13.0 Å². The summed E-state index contributed by atoms with van der Waals surface area (Å²) in [5.74, 6) is 1.00. The quantitative estimate of drug-likeness (QED) is 0.828. The monoisotopic (exact) mass is 256 g/mol. The third-order valence-corrected chi connectivity index (χ3v) is 4.52. The lowest BCUT2D eigenvalue weighted by Gasteiger charge is -2.29. The summed E-state index contributed by atoms with van der Waals surface area (Å²) in [5.41, 5.74) is 0.742. The van der Waals surface area contributed by atoms with Crippen LogP contribution in [0, 0.1) is 0 Å². The number of aliphatic hydroxyl groups excluding tert-OH is 1. The molecular formula is C11H16N2O3S. The molecule has 1 fully saturated rings. The van der Waals surface area contributed by atoms with Gasteiger partial charge in [-0.25, -0.2) is 13.4 Å². The normalized spacial score (nSPS) is 21.2. The first-order valence-electron chi connectivity index (χ1n) is 5.58. The van der Waals surface area contributed by atoms with Gasteiger partial charge in [0.25, 0.3) is 0 Å². The Morgan fingerprint density at radius 1 is 1.41 bits per heavy atom. The molecule has 1 N–H and O–H groups in total. The van der Waals surface area contributed by atoms with Crippen LogP contribution in [0.3, 0.4) is 0 Å². The number of nitrogens with zero attached hydrogens (tertiary/aromatic N) is 2. The first-order chi connectivity index (χ1) is 7.99. The van der Waals surface area contributed by atoms with Gasteiger partial charge in [-0.05, 0) is 13.0 Å². The Morgan fingerprint density at radius 3 is 2.65 bits per heavy atom. The molecule has 5 nitrogen and oxygen atoms in total. The minimum Gasteiger partial charge on any atom is -0.389 e. The number of pyridine rings is 1. The number of anilines is 1. The maximum Gasteiger partial charge on any atom is 0.153 e. The molecule has 0 saturated carbocycles. The molecule has 2 rings (SSSR count). The van der Waals surface area contributed by atoms with Crippen LogP contribution in [0.15, 0.2) is 18.3 Å². The zero-order chi connectivity index (χ0) is 12.5. The smallest absolute Gasteiger partial charge is 0.153 e. The van der Waals surface area contributed by atoms with E-state index in [1.54, 1.807) is 19.2 Å². The Kier molecular flexibility index (Phi) is 3.35. The van der Waals surface area contributed by atoms with E-state index in [1.807, 2.05) is 11.0 Å². The Balaban J connectivity index is 2.24. The van der Waals surface area contributed by atoms with Crippen LogP contribution in [0.1, 0.15) is 18.6 Å². The van der Waals surface area contributed by atoms with E-state index in [0.717, 1.165) is 5.56 Å². The first kappa shape index (κ1) is 12.3. The summed E-state index contributed by atoms with van der Waals surface area (Å²) in [4.78, 5) is 6.16. The SMILES string of the molecule is C[C@H](O)c1cccnc1N1CCS(=O)(=O)CC1. The number of hydrogen-bond acceptors (Lipinski definition) is 5. The predicted octanol–water partition coefficient (Wildman–Crippen LogP) is 0.370. The lowest BCUT2D eigenvalue weighted by molar-refractivity contribution is 0.199. The molecule has 0 aromatic carbocycles. The van der Waals surface area contributed by atoms with Crippen LogP contribution in [-0.2, 0) is 9.84 Å². The molecule has 1 aromatic heterocycles. The fourth-order valence-electron chi connectivity index (χ4n) is 1.92. The van der Waals surface area contributed by atoms with Gasteiger partial charge in [0.1, 0.15) is 5.82 Å². The van der Waals surface area contributed by atoms with Gasteiger partial charge < -0.3 is 10.0 Å². The van der Waals surface area contributed by atoms with Gasteiger partial charge in [0.15, 0.2) is 9.84 Å². The second-order valence-corrected chi connectivity index (χ2v) is 6.53. The molecule has 6 heteroatoms. The van der Waals surface area contributed by atoms with E-state index < -0.39 is 15.9 Å². The summed E-state index contributed by atoms with van der Waals surface area (Å²) in [7, 11) is -2.89. The van der Waals surface area contributed by atoms with Gasteiger partial charge in [-0.3, -0.25) is 0 Å². The van der Waals surface area contributed by atoms with E-state index in [-0.39, 0.29) is 11.5 Å². The molecule has 0 spiro atoms. The minimum atomic E-state index is -2.89. The van der Waals surface area contributed by atoms with Crippen LogP contribution in [-0.4, -0.2) is 43.1 Å². The zero-order valence-corrected chi connectivity index (χ0v) is 10.5. The van der Waals surface area contributed by atoms with Crippen molar-refractivity contribution in [3.05, 3.63) is 23.9 Å². The van der Waals surface area contributed by atoms with Crippen molar-refractivity contribution in [2.24, 2.45) is 0 Å². The third-order valence-electron chi connectivity index (χ3n) is 2.91. The van der Waals surface area contributed by atoms with E-state index in [2.05, 4.69) is 4.98 Å². The molecule has 1 saturated heterocycles. The van der Waals surface area contributed by atoms with Gasteiger partial charge in [-0.2, -0.15) is 0 Å². The highest BCUT2D eigenvalue weighted by Crippen LogP contribution is 2.24. The molecule has 2 heterocycles. The molecule has 17 heavy (non-hydrogen) atoms. The topological polar surface area (TPSA) is 70.5 Å². The molecule has 1 aromatic rings. The van der Waals surface area contributed by atoms with Crippen molar-refractivity contribution in [2.75, 3.05) is 29.5 Å². The van der Waals surface area contributed by atoms with E-state index in [4.69, 9.17) is 0 Å². The molecule has 0 unspecified atom stereocenters. The molecule has 0 radical (unpaired) electrons. The van der Waals surface area contributed by atoms with Gasteiger partial charge in [-0.1, -0.05) is 6.07 Å². The Morgan fingerprint density at radius 2 is 2.06 bits per heavy atom. The molecule has 1 aliphatic heterocycles. The number of hydrogen-bond donors (Lipinski definition) is 1. The minimum absolute atomic E-state index is 0.156. The lowest BCUT2D eigenvalue weighted by atomic mass is 10.1. The lowest BCUT2D eigenvalue weighted by Crippen LogP contribution is -2.41. The number of aliphatic hydroxyl groups is 1. The zero-order valence-electron chi connectivity index (χ0n) is 9.70. The van der Waals surface area contributed by atoms with Crippen molar-refractivity contribution < 1.29 is 13.5 Å². The number of rotatable bonds is 2. The molecule has 1 aliphatic rings. The van der Waals surface area contributed by atoms with Crippen molar-refractivity contribution in [3.63, 3.8) is 0 Å². The highest BCUT2D eigenvalue weighted by molar-refractivity contribution is 7.91. The molecule has 0 amide bonds. The number of aromatic nitrogens is 1. The molecule has 1 atom stereocenters. The number of sulfone groups is 1. The van der Waals surface area contributed by atoms with Crippen molar-refractivity contribution in [1.29, 1.82) is 0 Å². The largest absolute Gasteiger partial charge is 0.389 e. The Hall–Kier alpha value is -1.14. The van der Waals surface area contributed by atoms with Gasteiger partial charge in [0, 0.05) is 24.8 Å². The van der Waals surface area contributed by atoms with Gasteiger partial charge in [0.05, 0.1) is 17.6 Å². The second-order valence-electron chi connectivity index (χ2n) is 4.23. The summed E-state index contributed by atoms with van der Waals surface area (Å²) < 4.78 is 22.7. The van der Waals surface area contributed by atoms with Gasteiger partial charge >= 0.3 is 0 Å². The molecule has 94 valence electrons. The predicted molar refractivity (Wildman–Crippen MR) is 65.7 cm³/mol. The fraction of sp³-hybridized carbons (Fsp3) is 0.545. The average molecular weight is 256 g/mol.